The largest absolute Gasteiger partial charge is 0.372 e. The maximum Gasteiger partial charge on any atom is 0.0891 e. The summed E-state index contributed by atoms with van der Waals surface area (Å²) in [5, 5.41) is 3.41. The highest BCUT2D eigenvalue weighted by Crippen LogP contribution is 2.22. The molecule has 1 aromatic heterocycles. The first-order chi connectivity index (χ1) is 8.74. The van der Waals surface area contributed by atoms with E-state index in [1.54, 1.807) is 0 Å². The highest BCUT2D eigenvalue weighted by atomic mass is 16.5. The molecule has 1 heterocycles. The van der Waals surface area contributed by atoms with E-state index in [9.17, 15) is 0 Å². The summed E-state index contributed by atoms with van der Waals surface area (Å²) >= 11 is 0. The van der Waals surface area contributed by atoms with Gasteiger partial charge in [-0.1, -0.05) is 19.9 Å². The third-order valence-corrected chi connectivity index (χ3v) is 3.24. The smallest absolute Gasteiger partial charge is 0.0891 e. The van der Waals surface area contributed by atoms with Crippen LogP contribution in [0.3, 0.4) is 0 Å². The van der Waals surface area contributed by atoms with E-state index in [-0.39, 0.29) is 0 Å². The van der Waals surface area contributed by atoms with Crippen molar-refractivity contribution in [1.82, 2.24) is 10.3 Å². The Morgan fingerprint density at radius 3 is 2.78 bits per heavy atom. The highest BCUT2D eigenvalue weighted by Gasteiger charge is 2.17. The van der Waals surface area contributed by atoms with Crippen molar-refractivity contribution >= 4 is 0 Å². The van der Waals surface area contributed by atoms with Gasteiger partial charge >= 0.3 is 0 Å². The van der Waals surface area contributed by atoms with Crippen molar-refractivity contribution in [2.45, 2.75) is 52.4 Å². The minimum absolute atomic E-state index is 0.481. The van der Waals surface area contributed by atoms with E-state index in [1.165, 1.54) is 19.3 Å². The van der Waals surface area contributed by atoms with Crippen LogP contribution in [0.2, 0.25) is 0 Å². The van der Waals surface area contributed by atoms with Crippen molar-refractivity contribution in [2.24, 2.45) is 5.92 Å². The second kappa shape index (κ2) is 6.86. The molecule has 2 rings (SSSR count). The predicted molar refractivity (Wildman–Crippen MR) is 73.2 cm³/mol. The van der Waals surface area contributed by atoms with Crippen molar-refractivity contribution in [1.29, 1.82) is 0 Å². The molecular formula is C15H24N2O. The van der Waals surface area contributed by atoms with Crippen LogP contribution in [0.5, 0.6) is 0 Å². The minimum Gasteiger partial charge on any atom is -0.372 e. The Kier molecular flexibility index (Phi) is 5.14. The van der Waals surface area contributed by atoms with Crippen molar-refractivity contribution in [3.05, 3.63) is 29.6 Å². The second-order valence-electron chi connectivity index (χ2n) is 5.51. The lowest BCUT2D eigenvalue weighted by molar-refractivity contribution is -0.0101. The average molecular weight is 248 g/mol. The molecule has 1 saturated carbocycles. The van der Waals surface area contributed by atoms with E-state index in [0.29, 0.717) is 18.6 Å². The molecule has 3 heteroatoms. The zero-order chi connectivity index (χ0) is 12.8. The third kappa shape index (κ3) is 4.39. The molecule has 0 radical (unpaired) electrons. The standard InChI is InChI=1S/C15H24N2O/c1-12(2)9-16-10-13-5-3-6-14(17-13)11-18-15-7-4-8-15/h3,5-6,12,15-16H,4,7-11H2,1-2H3. The topological polar surface area (TPSA) is 34.1 Å². The van der Waals surface area contributed by atoms with E-state index >= 15 is 0 Å². The molecule has 18 heavy (non-hydrogen) atoms. The normalized spacial score (nSPS) is 15.9. The first-order valence-corrected chi connectivity index (χ1v) is 7.01. The average Bonchev–Trinajstić information content (AvgIpc) is 2.27. The summed E-state index contributed by atoms with van der Waals surface area (Å²) in [5.74, 6) is 0.676. The van der Waals surface area contributed by atoms with Crippen LogP contribution in [0, 0.1) is 5.92 Å². The van der Waals surface area contributed by atoms with E-state index in [0.717, 1.165) is 24.5 Å². The van der Waals surface area contributed by atoms with E-state index in [1.807, 2.05) is 6.07 Å². The number of hydrogen-bond donors (Lipinski definition) is 1. The predicted octanol–water partition coefficient (Wildman–Crippen LogP) is 2.90. The Morgan fingerprint density at radius 2 is 2.11 bits per heavy atom. The van der Waals surface area contributed by atoms with Crippen LogP contribution in [-0.2, 0) is 17.9 Å². The van der Waals surface area contributed by atoms with Crippen LogP contribution >= 0.6 is 0 Å². The summed E-state index contributed by atoms with van der Waals surface area (Å²) in [5.41, 5.74) is 2.15. The van der Waals surface area contributed by atoms with Gasteiger partial charge in [0.15, 0.2) is 0 Å². The lowest BCUT2D eigenvalue weighted by Crippen LogP contribution is -2.22. The van der Waals surface area contributed by atoms with Gasteiger partial charge in [0.1, 0.15) is 0 Å². The molecule has 0 atom stereocenters. The second-order valence-corrected chi connectivity index (χ2v) is 5.51. The number of nitrogens with zero attached hydrogens (tertiary/aromatic N) is 1. The van der Waals surface area contributed by atoms with Crippen LogP contribution in [-0.4, -0.2) is 17.6 Å². The molecule has 0 bridgehead atoms. The lowest BCUT2D eigenvalue weighted by atomic mass is 9.96. The first-order valence-electron chi connectivity index (χ1n) is 7.01. The number of hydrogen-bond acceptors (Lipinski definition) is 3. The zero-order valence-corrected chi connectivity index (χ0v) is 11.5. The molecule has 1 N–H and O–H groups in total. The van der Waals surface area contributed by atoms with Crippen LogP contribution in [0.15, 0.2) is 18.2 Å². The number of nitrogens with one attached hydrogen (secondary N) is 1. The third-order valence-electron chi connectivity index (χ3n) is 3.24. The number of aromatic nitrogens is 1. The Hall–Kier alpha value is -0.930. The van der Waals surface area contributed by atoms with E-state index in [2.05, 4.69) is 36.3 Å². The van der Waals surface area contributed by atoms with Crippen LogP contribution in [0.25, 0.3) is 0 Å². The maximum absolute atomic E-state index is 5.78. The van der Waals surface area contributed by atoms with Gasteiger partial charge in [0.2, 0.25) is 0 Å². The van der Waals surface area contributed by atoms with Gasteiger partial charge in [-0.05, 0) is 43.9 Å². The fraction of sp³-hybridized carbons (Fsp3) is 0.667. The summed E-state index contributed by atoms with van der Waals surface area (Å²) < 4.78 is 5.78. The molecule has 0 spiro atoms. The molecule has 1 fully saturated rings. The van der Waals surface area contributed by atoms with Gasteiger partial charge in [-0.3, -0.25) is 4.98 Å². The minimum atomic E-state index is 0.481. The van der Waals surface area contributed by atoms with Gasteiger partial charge in [0, 0.05) is 6.54 Å². The van der Waals surface area contributed by atoms with Gasteiger partial charge < -0.3 is 10.1 Å². The van der Waals surface area contributed by atoms with Gasteiger partial charge in [-0.2, -0.15) is 0 Å². The Balaban J connectivity index is 1.76. The Labute approximate surface area is 110 Å². The summed E-state index contributed by atoms with van der Waals surface area (Å²) in [6, 6.07) is 6.18. The van der Waals surface area contributed by atoms with Crippen LogP contribution in [0.4, 0.5) is 0 Å². The fourth-order valence-corrected chi connectivity index (χ4v) is 1.94. The Morgan fingerprint density at radius 1 is 1.33 bits per heavy atom. The summed E-state index contributed by atoms with van der Waals surface area (Å²) in [6.07, 6.45) is 4.23. The fourth-order valence-electron chi connectivity index (χ4n) is 1.94. The molecule has 3 nitrogen and oxygen atoms in total. The zero-order valence-electron chi connectivity index (χ0n) is 11.5. The van der Waals surface area contributed by atoms with Crippen molar-refractivity contribution in [3.8, 4) is 0 Å². The van der Waals surface area contributed by atoms with E-state index < -0.39 is 0 Å². The van der Waals surface area contributed by atoms with Gasteiger partial charge in [0.05, 0.1) is 24.1 Å². The molecule has 0 saturated heterocycles. The molecule has 0 aliphatic heterocycles. The van der Waals surface area contributed by atoms with Gasteiger partial charge in [-0.25, -0.2) is 0 Å². The Bertz CT molecular complexity index is 361. The van der Waals surface area contributed by atoms with Crippen LogP contribution in [0.1, 0.15) is 44.5 Å². The highest BCUT2D eigenvalue weighted by molar-refractivity contribution is 5.10. The summed E-state index contributed by atoms with van der Waals surface area (Å²) in [6.45, 7) is 6.95. The molecule has 0 unspecified atom stereocenters. The number of rotatable bonds is 7. The number of ether oxygens (including phenoxy) is 1. The molecule has 0 aromatic carbocycles. The molecular weight excluding hydrogens is 224 g/mol. The molecule has 1 aliphatic rings. The monoisotopic (exact) mass is 248 g/mol. The number of pyridine rings is 1. The van der Waals surface area contributed by atoms with E-state index in [4.69, 9.17) is 4.74 Å². The quantitative estimate of drug-likeness (QED) is 0.805. The molecule has 1 aliphatic carbocycles. The van der Waals surface area contributed by atoms with Crippen molar-refractivity contribution in [3.63, 3.8) is 0 Å². The van der Waals surface area contributed by atoms with Gasteiger partial charge in [-0.15, -0.1) is 0 Å². The maximum atomic E-state index is 5.78. The van der Waals surface area contributed by atoms with Gasteiger partial charge in [0.25, 0.3) is 0 Å². The SMILES string of the molecule is CC(C)CNCc1cccc(COC2CCC2)n1. The van der Waals surface area contributed by atoms with Crippen LogP contribution < -0.4 is 5.32 Å². The molecule has 100 valence electrons. The van der Waals surface area contributed by atoms with Crippen molar-refractivity contribution < 1.29 is 4.74 Å². The first kappa shape index (κ1) is 13.5. The summed E-state index contributed by atoms with van der Waals surface area (Å²) in [7, 11) is 0. The lowest BCUT2D eigenvalue weighted by Gasteiger charge is -2.25. The van der Waals surface area contributed by atoms with Crippen molar-refractivity contribution in [2.75, 3.05) is 6.54 Å². The summed E-state index contributed by atoms with van der Waals surface area (Å²) in [4.78, 5) is 4.61. The molecule has 1 aromatic rings. The molecule has 0 amide bonds.